The van der Waals surface area contributed by atoms with Crippen LogP contribution in [0.15, 0.2) is 72.8 Å². The van der Waals surface area contributed by atoms with Crippen LogP contribution < -0.4 is 14.8 Å². The summed E-state index contributed by atoms with van der Waals surface area (Å²) in [5.41, 5.74) is 5.31. The summed E-state index contributed by atoms with van der Waals surface area (Å²) in [5, 5.41) is 5.12. The van der Waals surface area contributed by atoms with Gasteiger partial charge in [-0.05, 0) is 99.9 Å². The van der Waals surface area contributed by atoms with Crippen molar-refractivity contribution in [3.8, 4) is 22.8 Å². The molecule has 2 aliphatic rings. The molecule has 0 atom stereocenters. The molecule has 2 aliphatic heterocycles. The highest BCUT2D eigenvalue weighted by molar-refractivity contribution is 6.13. The van der Waals surface area contributed by atoms with E-state index in [-0.39, 0.29) is 5.91 Å². The van der Waals surface area contributed by atoms with Crippen LogP contribution in [0.1, 0.15) is 48.0 Å². The molecule has 1 amide bonds. The van der Waals surface area contributed by atoms with Crippen LogP contribution in [0.3, 0.4) is 0 Å². The second-order valence-corrected chi connectivity index (χ2v) is 12.3. The first-order valence-corrected chi connectivity index (χ1v) is 16.1. The first-order chi connectivity index (χ1) is 22.1. The Balaban J connectivity index is 1.09. The molecule has 232 valence electrons. The molecule has 7 rings (SSSR count). The van der Waals surface area contributed by atoms with E-state index in [0.29, 0.717) is 22.9 Å². The molecule has 2 fully saturated rings. The Morgan fingerprint density at radius 1 is 0.867 bits per heavy atom. The highest BCUT2D eigenvalue weighted by atomic mass is 16.5. The largest absolute Gasteiger partial charge is 0.493 e. The van der Waals surface area contributed by atoms with E-state index in [1.54, 1.807) is 14.2 Å². The standard InChI is InChI=1S/C37H41N5O3/c1-44-32-15-14-27(22-33(32)45-2)35-36-30(29-8-4-5-9-31(29)38-36)23-34(39-35)40-37(43)26-12-10-25(11-13-26)24-41-20-16-28(17-21-41)42-18-6-3-7-19-42/h4-5,8-15,22-23,28,38H,3,6-7,16-21,24H2,1-2H3,(H,39,40,43). The number of hydrogen-bond acceptors (Lipinski definition) is 6. The van der Waals surface area contributed by atoms with E-state index in [1.807, 2.05) is 54.6 Å². The number of hydrogen-bond donors (Lipinski definition) is 2. The number of piperidine rings is 2. The number of aromatic nitrogens is 2. The fourth-order valence-electron chi connectivity index (χ4n) is 7.04. The Kier molecular flexibility index (Phi) is 8.41. The second-order valence-electron chi connectivity index (χ2n) is 12.3. The van der Waals surface area contributed by atoms with Crippen LogP contribution in [0.2, 0.25) is 0 Å². The number of aromatic amines is 1. The molecule has 45 heavy (non-hydrogen) atoms. The summed E-state index contributed by atoms with van der Waals surface area (Å²) in [7, 11) is 3.24. The van der Waals surface area contributed by atoms with Crippen molar-refractivity contribution in [2.45, 2.75) is 44.7 Å². The van der Waals surface area contributed by atoms with Crippen molar-refractivity contribution < 1.29 is 14.3 Å². The van der Waals surface area contributed by atoms with Crippen molar-refractivity contribution in [1.29, 1.82) is 0 Å². The molecule has 0 unspecified atom stereocenters. The van der Waals surface area contributed by atoms with E-state index in [2.05, 4.69) is 38.3 Å². The normalized spacial score (nSPS) is 16.7. The van der Waals surface area contributed by atoms with Gasteiger partial charge in [-0.1, -0.05) is 36.8 Å². The summed E-state index contributed by atoms with van der Waals surface area (Å²) < 4.78 is 11.0. The molecule has 2 aromatic heterocycles. The number of carbonyl (C=O) groups is 1. The molecule has 0 saturated carbocycles. The zero-order valence-corrected chi connectivity index (χ0v) is 26.1. The molecule has 0 radical (unpaired) electrons. The lowest BCUT2D eigenvalue weighted by molar-refractivity contribution is 0.0896. The van der Waals surface area contributed by atoms with Gasteiger partial charge in [-0.15, -0.1) is 0 Å². The maximum atomic E-state index is 13.5. The van der Waals surface area contributed by atoms with E-state index in [1.165, 1.54) is 50.8 Å². The quantitative estimate of drug-likeness (QED) is 0.197. The van der Waals surface area contributed by atoms with Crippen molar-refractivity contribution in [3.63, 3.8) is 0 Å². The van der Waals surface area contributed by atoms with Crippen LogP contribution in [0, 0.1) is 0 Å². The zero-order chi connectivity index (χ0) is 30.8. The van der Waals surface area contributed by atoms with Gasteiger partial charge in [0.2, 0.25) is 0 Å². The number of nitrogens with one attached hydrogen (secondary N) is 2. The Labute approximate surface area is 264 Å². The molecule has 8 heteroatoms. The number of likely N-dealkylation sites (tertiary alicyclic amines) is 2. The molecule has 3 aromatic carbocycles. The molecule has 5 aromatic rings. The fourth-order valence-corrected chi connectivity index (χ4v) is 7.04. The maximum Gasteiger partial charge on any atom is 0.256 e. The summed E-state index contributed by atoms with van der Waals surface area (Å²) in [4.78, 5) is 27.2. The van der Waals surface area contributed by atoms with Crippen LogP contribution in [0.5, 0.6) is 11.5 Å². The van der Waals surface area contributed by atoms with Gasteiger partial charge in [0.25, 0.3) is 5.91 Å². The number of rotatable bonds is 8. The third-order valence-electron chi connectivity index (χ3n) is 9.48. The summed E-state index contributed by atoms with van der Waals surface area (Å²) in [6, 6.07) is 24.6. The van der Waals surface area contributed by atoms with Gasteiger partial charge in [0, 0.05) is 40.0 Å². The average Bonchev–Trinajstić information content (AvgIpc) is 3.47. The Hall–Kier alpha value is -4.40. The number of para-hydroxylation sites is 1. The second kappa shape index (κ2) is 12.9. The van der Waals surface area contributed by atoms with Crippen molar-refractivity contribution in [2.75, 3.05) is 45.7 Å². The van der Waals surface area contributed by atoms with E-state index in [4.69, 9.17) is 14.5 Å². The first kappa shape index (κ1) is 29.3. The van der Waals surface area contributed by atoms with Gasteiger partial charge >= 0.3 is 0 Å². The molecule has 0 spiro atoms. The third kappa shape index (κ3) is 6.13. The molecule has 4 heterocycles. The number of anilines is 1. The Morgan fingerprint density at radius 3 is 2.38 bits per heavy atom. The number of H-pyrrole nitrogens is 1. The number of pyridine rings is 1. The number of benzene rings is 3. The highest BCUT2D eigenvalue weighted by Gasteiger charge is 2.25. The summed E-state index contributed by atoms with van der Waals surface area (Å²) in [5.74, 6) is 1.56. The zero-order valence-electron chi connectivity index (χ0n) is 26.1. The molecule has 0 bridgehead atoms. The van der Waals surface area contributed by atoms with Gasteiger partial charge < -0.3 is 24.7 Å². The van der Waals surface area contributed by atoms with E-state index in [9.17, 15) is 4.79 Å². The lowest BCUT2D eigenvalue weighted by Gasteiger charge is -2.40. The molecule has 8 nitrogen and oxygen atoms in total. The smallest absolute Gasteiger partial charge is 0.256 e. The van der Waals surface area contributed by atoms with Gasteiger partial charge in [-0.2, -0.15) is 0 Å². The van der Waals surface area contributed by atoms with E-state index >= 15 is 0 Å². The highest BCUT2D eigenvalue weighted by Crippen LogP contribution is 2.37. The third-order valence-corrected chi connectivity index (χ3v) is 9.48. The van der Waals surface area contributed by atoms with Gasteiger partial charge in [-0.25, -0.2) is 4.98 Å². The van der Waals surface area contributed by atoms with Gasteiger partial charge in [-0.3, -0.25) is 9.69 Å². The first-order valence-electron chi connectivity index (χ1n) is 16.1. The molecule has 0 aliphatic carbocycles. The van der Waals surface area contributed by atoms with Crippen molar-refractivity contribution in [2.24, 2.45) is 0 Å². The number of methoxy groups -OCH3 is 2. The van der Waals surface area contributed by atoms with Gasteiger partial charge in [0.15, 0.2) is 11.5 Å². The van der Waals surface area contributed by atoms with Crippen LogP contribution in [0.25, 0.3) is 33.1 Å². The molecule has 2 saturated heterocycles. The van der Waals surface area contributed by atoms with Crippen LogP contribution in [-0.4, -0.2) is 72.1 Å². The van der Waals surface area contributed by atoms with Crippen LogP contribution in [-0.2, 0) is 6.54 Å². The summed E-state index contributed by atoms with van der Waals surface area (Å²) in [6.07, 6.45) is 6.60. The van der Waals surface area contributed by atoms with E-state index < -0.39 is 0 Å². The number of carbonyl (C=O) groups excluding carboxylic acids is 1. The van der Waals surface area contributed by atoms with Crippen molar-refractivity contribution in [1.82, 2.24) is 19.8 Å². The van der Waals surface area contributed by atoms with Gasteiger partial charge in [0.1, 0.15) is 5.82 Å². The number of nitrogens with zero attached hydrogens (tertiary/aromatic N) is 3. The predicted molar refractivity (Wildman–Crippen MR) is 180 cm³/mol. The molecular formula is C37H41N5O3. The number of ether oxygens (including phenoxy) is 2. The van der Waals surface area contributed by atoms with Gasteiger partial charge in [0.05, 0.1) is 25.4 Å². The Morgan fingerprint density at radius 2 is 1.62 bits per heavy atom. The van der Waals surface area contributed by atoms with Crippen LogP contribution in [0.4, 0.5) is 5.82 Å². The maximum absolute atomic E-state index is 13.5. The summed E-state index contributed by atoms with van der Waals surface area (Å²) >= 11 is 0. The number of amides is 1. The minimum Gasteiger partial charge on any atom is -0.493 e. The Bertz CT molecular complexity index is 1800. The van der Waals surface area contributed by atoms with Crippen molar-refractivity contribution >= 4 is 33.5 Å². The lowest BCUT2D eigenvalue weighted by Crippen LogP contribution is -2.46. The SMILES string of the molecule is COc1ccc(-c2nc(NC(=O)c3ccc(CN4CCC(N5CCCCC5)CC4)cc3)cc3c2[nH]c2ccccc23)cc1OC. The van der Waals surface area contributed by atoms with E-state index in [0.717, 1.165) is 58.7 Å². The lowest BCUT2D eigenvalue weighted by atomic mass is 9.99. The monoisotopic (exact) mass is 603 g/mol. The minimum atomic E-state index is -0.186. The molecular weight excluding hydrogens is 562 g/mol. The topological polar surface area (TPSA) is 82.7 Å². The fraction of sp³-hybridized carbons (Fsp3) is 0.351. The summed E-state index contributed by atoms with van der Waals surface area (Å²) in [6.45, 7) is 5.73. The predicted octanol–water partition coefficient (Wildman–Crippen LogP) is 7.10. The minimum absolute atomic E-state index is 0.186. The molecule has 2 N–H and O–H groups in total. The van der Waals surface area contributed by atoms with Crippen LogP contribution >= 0.6 is 0 Å². The average molecular weight is 604 g/mol. The van der Waals surface area contributed by atoms with Crippen molar-refractivity contribution in [3.05, 3.63) is 83.9 Å². The number of fused-ring (bicyclic) bond motifs is 3.